The van der Waals surface area contributed by atoms with Gasteiger partial charge in [-0.15, -0.1) is 0 Å². The van der Waals surface area contributed by atoms with Crippen LogP contribution in [-0.4, -0.2) is 4.32 Å². The summed E-state index contributed by atoms with van der Waals surface area (Å²) >= 11 is 6.48. The van der Waals surface area contributed by atoms with E-state index in [-0.39, 0.29) is 13.5 Å². The molecule has 1 rings (SSSR count). The average molecular weight is 330 g/mol. The van der Waals surface area contributed by atoms with Gasteiger partial charge in [-0.2, -0.15) is 13.5 Å². The summed E-state index contributed by atoms with van der Waals surface area (Å²) in [5.41, 5.74) is 6.99. The van der Waals surface area contributed by atoms with Crippen LogP contribution >= 0.6 is 37.5 Å². The fourth-order valence-electron chi connectivity index (χ4n) is 2.19. The number of unbranched alkanes of at least 4 members (excludes halogenated alkanes) is 6. The molecule has 114 valence electrons. The molecule has 1 nitrogen and oxygen atoms in total. The molecule has 1 aromatic rings. The predicted molar refractivity (Wildman–Crippen MR) is 101 cm³/mol. The van der Waals surface area contributed by atoms with Crippen molar-refractivity contribution in [2.24, 2.45) is 5.73 Å². The Kier molecular flexibility index (Phi) is 12.4. The highest BCUT2D eigenvalue weighted by Crippen LogP contribution is 2.24. The molecule has 20 heavy (non-hydrogen) atoms. The monoisotopic (exact) mass is 329 g/mol. The molecule has 0 bridgehead atoms. The smallest absolute Gasteiger partial charge is 0.136 e. The zero-order valence-electron chi connectivity index (χ0n) is 12.4. The lowest BCUT2D eigenvalue weighted by Gasteiger charge is -2.08. The van der Waals surface area contributed by atoms with Crippen LogP contribution in [0.25, 0.3) is 0 Å². The van der Waals surface area contributed by atoms with E-state index in [9.17, 15) is 0 Å². The summed E-state index contributed by atoms with van der Waals surface area (Å²) in [4.78, 5) is 1.22. The van der Waals surface area contributed by atoms with Crippen LogP contribution in [0.4, 0.5) is 0 Å². The third kappa shape index (κ3) is 8.88. The van der Waals surface area contributed by atoms with Gasteiger partial charge < -0.3 is 5.73 Å². The Morgan fingerprint density at radius 3 is 2.30 bits per heavy atom. The molecular weight excluding hydrogens is 302 g/mol. The maximum atomic E-state index is 5.61. The van der Waals surface area contributed by atoms with Gasteiger partial charge in [0.05, 0.1) is 0 Å². The third-order valence-corrected chi connectivity index (χ3v) is 4.30. The Balaban J connectivity index is 0.00000361. The topological polar surface area (TPSA) is 26.0 Å². The van der Waals surface area contributed by atoms with Gasteiger partial charge in [0.2, 0.25) is 0 Å². The molecule has 0 aliphatic carbocycles. The van der Waals surface area contributed by atoms with E-state index in [4.69, 9.17) is 18.0 Å². The molecule has 0 radical (unpaired) electrons. The summed E-state index contributed by atoms with van der Waals surface area (Å²) in [6.45, 7) is 2.26. The molecule has 0 unspecified atom stereocenters. The van der Waals surface area contributed by atoms with Gasteiger partial charge in [0, 0.05) is 4.90 Å². The van der Waals surface area contributed by atoms with Crippen molar-refractivity contribution in [2.75, 3.05) is 0 Å². The van der Waals surface area contributed by atoms with Crippen LogP contribution in [0.2, 0.25) is 0 Å². The van der Waals surface area contributed by atoms with Crippen LogP contribution in [0, 0.1) is 0 Å². The fourth-order valence-corrected chi connectivity index (χ4v) is 3.12. The molecule has 0 amide bonds. The summed E-state index contributed by atoms with van der Waals surface area (Å²) < 4.78 is 0.506. The molecule has 2 N–H and O–H groups in total. The summed E-state index contributed by atoms with van der Waals surface area (Å²) in [5, 5.41) is 0. The Morgan fingerprint density at radius 1 is 1.05 bits per heavy atom. The lowest BCUT2D eigenvalue weighted by Crippen LogP contribution is -2.02. The molecule has 0 aliphatic rings. The highest BCUT2D eigenvalue weighted by Gasteiger charge is 2.03. The summed E-state index contributed by atoms with van der Waals surface area (Å²) in [7, 11) is 0. The standard InChI is InChI=1S/C16H25NS2.H2S/c1-2-3-4-5-6-7-8-11-14-12-9-10-13-15(14)19-16(17)18;/h9-10,12-13H,2-8,11H2,1H3,(H2,17,18);1H2. The van der Waals surface area contributed by atoms with Gasteiger partial charge in [-0.1, -0.05) is 87.6 Å². The number of nitrogens with two attached hydrogens (primary N) is 1. The second-order valence-corrected chi connectivity index (χ2v) is 6.68. The van der Waals surface area contributed by atoms with E-state index in [0.717, 1.165) is 6.42 Å². The van der Waals surface area contributed by atoms with Crippen LogP contribution < -0.4 is 5.73 Å². The van der Waals surface area contributed by atoms with Crippen molar-refractivity contribution in [3.05, 3.63) is 29.8 Å². The van der Waals surface area contributed by atoms with E-state index < -0.39 is 0 Å². The maximum absolute atomic E-state index is 5.61. The zero-order valence-corrected chi connectivity index (χ0v) is 15.0. The van der Waals surface area contributed by atoms with Crippen molar-refractivity contribution >= 4 is 41.8 Å². The summed E-state index contributed by atoms with van der Waals surface area (Å²) in [6.07, 6.45) is 10.6. The van der Waals surface area contributed by atoms with Crippen LogP contribution in [0.3, 0.4) is 0 Å². The number of rotatable bonds is 9. The normalized spacial score (nSPS) is 10.1. The Labute approximate surface area is 140 Å². The van der Waals surface area contributed by atoms with Crippen molar-refractivity contribution in [2.45, 2.75) is 63.2 Å². The van der Waals surface area contributed by atoms with Crippen LogP contribution in [0.15, 0.2) is 29.2 Å². The lowest BCUT2D eigenvalue weighted by molar-refractivity contribution is 0.588. The van der Waals surface area contributed by atoms with Gasteiger partial charge in [0.15, 0.2) is 0 Å². The molecular formula is C16H27NS3. The van der Waals surface area contributed by atoms with E-state index in [1.54, 1.807) is 0 Å². The first-order valence-electron chi connectivity index (χ1n) is 7.29. The molecule has 0 spiro atoms. The Bertz CT molecular complexity index is 380. The van der Waals surface area contributed by atoms with E-state index in [2.05, 4.69) is 31.2 Å². The summed E-state index contributed by atoms with van der Waals surface area (Å²) in [6, 6.07) is 8.45. The average Bonchev–Trinajstić information content (AvgIpc) is 2.39. The molecule has 4 heteroatoms. The van der Waals surface area contributed by atoms with E-state index >= 15 is 0 Å². The van der Waals surface area contributed by atoms with Gasteiger partial charge in [0.1, 0.15) is 4.32 Å². The van der Waals surface area contributed by atoms with Crippen LogP contribution in [0.1, 0.15) is 57.4 Å². The van der Waals surface area contributed by atoms with E-state index in [1.807, 2.05) is 0 Å². The number of benzene rings is 1. The van der Waals surface area contributed by atoms with Gasteiger partial charge >= 0.3 is 0 Å². The van der Waals surface area contributed by atoms with E-state index in [1.165, 1.54) is 67.2 Å². The number of thioether (sulfide) groups is 1. The zero-order chi connectivity index (χ0) is 13.9. The first-order chi connectivity index (χ1) is 9.24. The second-order valence-electron chi connectivity index (χ2n) is 4.90. The van der Waals surface area contributed by atoms with Gasteiger partial charge in [0.25, 0.3) is 0 Å². The van der Waals surface area contributed by atoms with E-state index in [0.29, 0.717) is 4.32 Å². The molecule has 0 aliphatic heterocycles. The van der Waals surface area contributed by atoms with Crippen LogP contribution in [0.5, 0.6) is 0 Å². The highest BCUT2D eigenvalue weighted by molar-refractivity contribution is 8.23. The molecule has 0 fully saturated rings. The predicted octanol–water partition coefficient (Wildman–Crippen LogP) is 5.43. The first-order valence-corrected chi connectivity index (χ1v) is 8.51. The SMILES string of the molecule is CCCCCCCCCc1ccccc1SC(N)=S.S. The number of thiocarbonyl (C=S) groups is 1. The van der Waals surface area contributed by atoms with Gasteiger partial charge in [-0.25, -0.2) is 0 Å². The molecule has 0 saturated heterocycles. The van der Waals surface area contributed by atoms with Crippen molar-refractivity contribution in [3.8, 4) is 0 Å². The number of aryl methyl sites for hydroxylation is 1. The van der Waals surface area contributed by atoms with Crippen molar-refractivity contribution < 1.29 is 0 Å². The minimum Gasteiger partial charge on any atom is -0.384 e. The van der Waals surface area contributed by atoms with Crippen molar-refractivity contribution in [1.82, 2.24) is 0 Å². The Morgan fingerprint density at radius 2 is 1.65 bits per heavy atom. The quantitative estimate of drug-likeness (QED) is 0.372. The fraction of sp³-hybridized carbons (Fsp3) is 0.562. The lowest BCUT2D eigenvalue weighted by atomic mass is 10.0. The minimum atomic E-state index is 0. The molecule has 0 heterocycles. The summed E-state index contributed by atoms with van der Waals surface area (Å²) in [5.74, 6) is 0. The van der Waals surface area contributed by atoms with Crippen molar-refractivity contribution in [1.29, 1.82) is 0 Å². The number of hydrogen-bond acceptors (Lipinski definition) is 2. The van der Waals surface area contributed by atoms with Gasteiger partial charge in [-0.3, -0.25) is 0 Å². The molecule has 0 saturated carbocycles. The molecule has 1 aromatic carbocycles. The Hall–Kier alpha value is -0.190. The third-order valence-electron chi connectivity index (χ3n) is 3.23. The largest absolute Gasteiger partial charge is 0.384 e. The highest BCUT2D eigenvalue weighted by atomic mass is 32.2. The second kappa shape index (κ2) is 12.5. The van der Waals surface area contributed by atoms with Crippen LogP contribution in [-0.2, 0) is 6.42 Å². The minimum absolute atomic E-state index is 0. The maximum Gasteiger partial charge on any atom is 0.136 e. The number of hydrogen-bond donors (Lipinski definition) is 1. The first kappa shape index (κ1) is 19.8. The van der Waals surface area contributed by atoms with Gasteiger partial charge in [-0.05, 0) is 24.5 Å². The molecule has 0 atom stereocenters. The molecule has 0 aromatic heterocycles. The van der Waals surface area contributed by atoms with Crippen molar-refractivity contribution in [3.63, 3.8) is 0 Å².